The maximum atomic E-state index is 13.6. The van der Waals surface area contributed by atoms with Gasteiger partial charge in [-0.1, -0.05) is 15.9 Å². The summed E-state index contributed by atoms with van der Waals surface area (Å²) >= 11 is 2.98. The van der Waals surface area contributed by atoms with Gasteiger partial charge in [-0.3, -0.25) is 0 Å². The summed E-state index contributed by atoms with van der Waals surface area (Å²) < 4.78 is 74.8. The first-order chi connectivity index (χ1) is 9.60. The molecule has 3 nitrogen and oxygen atoms in total. The van der Waals surface area contributed by atoms with Crippen molar-refractivity contribution in [3.05, 3.63) is 22.2 Å². The average molecular weight is 378 g/mol. The van der Waals surface area contributed by atoms with E-state index in [-0.39, 0.29) is 21.5 Å². The van der Waals surface area contributed by atoms with Crippen molar-refractivity contribution in [2.24, 2.45) is 0 Å². The van der Waals surface area contributed by atoms with E-state index in [0.717, 1.165) is 13.1 Å². The molecule has 0 saturated heterocycles. The zero-order valence-electron chi connectivity index (χ0n) is 11.3. The van der Waals surface area contributed by atoms with Crippen LogP contribution in [0.15, 0.2) is 16.6 Å². The zero-order chi connectivity index (χ0) is 16.4. The molecule has 0 heterocycles. The standard InChI is InChI=1S/C12H13BrF5NO2/c1-19-10(11(14,15)12(16,17)18)6-4-8(20-2)9(21-3)5-7(6)13/h4-5,10,19H,1-3H3. The van der Waals surface area contributed by atoms with Crippen LogP contribution >= 0.6 is 15.9 Å². The van der Waals surface area contributed by atoms with Gasteiger partial charge in [0, 0.05) is 4.47 Å². The SMILES string of the molecule is CNC(c1cc(OC)c(OC)cc1Br)C(F)(F)C(F)(F)F. The van der Waals surface area contributed by atoms with Crippen LogP contribution < -0.4 is 14.8 Å². The molecule has 1 aromatic rings. The van der Waals surface area contributed by atoms with Crippen LogP contribution in [-0.2, 0) is 0 Å². The molecule has 0 bridgehead atoms. The Morgan fingerprint density at radius 3 is 1.90 bits per heavy atom. The second-order valence-electron chi connectivity index (χ2n) is 4.07. The number of halogens is 6. The van der Waals surface area contributed by atoms with Crippen LogP contribution in [0.1, 0.15) is 11.6 Å². The Labute approximate surface area is 126 Å². The molecule has 1 unspecified atom stereocenters. The summed E-state index contributed by atoms with van der Waals surface area (Å²) in [7, 11) is 3.60. The first kappa shape index (κ1) is 18.0. The van der Waals surface area contributed by atoms with Gasteiger partial charge in [-0.25, -0.2) is 0 Å². The topological polar surface area (TPSA) is 30.5 Å². The molecule has 0 amide bonds. The van der Waals surface area contributed by atoms with Gasteiger partial charge in [0.1, 0.15) is 6.04 Å². The molecule has 0 aliphatic heterocycles. The molecule has 21 heavy (non-hydrogen) atoms. The summed E-state index contributed by atoms with van der Waals surface area (Å²) in [5.41, 5.74) is -0.294. The summed E-state index contributed by atoms with van der Waals surface area (Å²) in [6.07, 6.45) is -5.69. The average Bonchev–Trinajstić information content (AvgIpc) is 2.39. The van der Waals surface area contributed by atoms with E-state index in [9.17, 15) is 22.0 Å². The molecular weight excluding hydrogens is 365 g/mol. The van der Waals surface area contributed by atoms with Crippen molar-refractivity contribution in [2.75, 3.05) is 21.3 Å². The molecule has 1 atom stereocenters. The quantitative estimate of drug-likeness (QED) is 0.788. The molecule has 0 saturated carbocycles. The smallest absolute Gasteiger partial charge is 0.455 e. The number of methoxy groups -OCH3 is 2. The molecule has 0 aromatic heterocycles. The number of hydrogen-bond acceptors (Lipinski definition) is 3. The van der Waals surface area contributed by atoms with Crippen molar-refractivity contribution in [1.29, 1.82) is 0 Å². The van der Waals surface area contributed by atoms with E-state index in [2.05, 4.69) is 15.9 Å². The highest BCUT2D eigenvalue weighted by atomic mass is 79.9. The van der Waals surface area contributed by atoms with E-state index in [1.165, 1.54) is 20.3 Å². The molecule has 0 aliphatic carbocycles. The summed E-state index contributed by atoms with van der Waals surface area (Å²) in [5.74, 6) is -4.70. The monoisotopic (exact) mass is 377 g/mol. The molecule has 1 N–H and O–H groups in total. The van der Waals surface area contributed by atoms with E-state index in [4.69, 9.17) is 9.47 Å². The molecular formula is C12H13BrF5NO2. The molecule has 9 heteroatoms. The van der Waals surface area contributed by atoms with E-state index < -0.39 is 18.1 Å². The first-order valence-electron chi connectivity index (χ1n) is 5.63. The van der Waals surface area contributed by atoms with Gasteiger partial charge in [0.05, 0.1) is 14.2 Å². The van der Waals surface area contributed by atoms with E-state index in [1.54, 1.807) is 0 Å². The van der Waals surface area contributed by atoms with Gasteiger partial charge in [0.2, 0.25) is 0 Å². The molecule has 1 rings (SSSR count). The van der Waals surface area contributed by atoms with Gasteiger partial charge in [-0.2, -0.15) is 22.0 Å². The van der Waals surface area contributed by atoms with Crippen LogP contribution in [0.25, 0.3) is 0 Å². The van der Waals surface area contributed by atoms with Gasteiger partial charge in [0.25, 0.3) is 0 Å². The van der Waals surface area contributed by atoms with Gasteiger partial charge >= 0.3 is 12.1 Å². The van der Waals surface area contributed by atoms with Crippen LogP contribution in [0, 0.1) is 0 Å². The molecule has 0 fully saturated rings. The Morgan fingerprint density at radius 1 is 1.05 bits per heavy atom. The van der Waals surface area contributed by atoms with Crippen molar-refractivity contribution < 1.29 is 31.4 Å². The zero-order valence-corrected chi connectivity index (χ0v) is 12.9. The van der Waals surface area contributed by atoms with Gasteiger partial charge in [-0.05, 0) is 24.7 Å². The lowest BCUT2D eigenvalue weighted by atomic mass is 9.99. The second-order valence-corrected chi connectivity index (χ2v) is 4.93. The number of nitrogens with one attached hydrogen (secondary N) is 1. The lowest BCUT2D eigenvalue weighted by Crippen LogP contribution is -2.47. The Kier molecular flexibility index (Phi) is 5.43. The van der Waals surface area contributed by atoms with Crippen LogP contribution in [0.2, 0.25) is 0 Å². The van der Waals surface area contributed by atoms with Crippen molar-refractivity contribution >= 4 is 15.9 Å². The van der Waals surface area contributed by atoms with Crippen LogP contribution in [-0.4, -0.2) is 33.4 Å². The molecule has 1 aromatic carbocycles. The summed E-state index contributed by atoms with van der Waals surface area (Å²) in [6, 6.07) is 0.0704. The fraction of sp³-hybridized carbons (Fsp3) is 0.500. The Balaban J connectivity index is 3.42. The summed E-state index contributed by atoms with van der Waals surface area (Å²) in [6.45, 7) is 0. The Bertz CT molecular complexity index is 507. The predicted molar refractivity (Wildman–Crippen MR) is 70.0 cm³/mol. The third-order valence-electron chi connectivity index (χ3n) is 2.84. The van der Waals surface area contributed by atoms with Gasteiger partial charge in [-0.15, -0.1) is 0 Å². The highest BCUT2D eigenvalue weighted by molar-refractivity contribution is 9.10. The van der Waals surface area contributed by atoms with E-state index in [0.29, 0.717) is 0 Å². The third kappa shape index (κ3) is 3.39. The lowest BCUT2D eigenvalue weighted by molar-refractivity contribution is -0.294. The number of rotatable bonds is 5. The van der Waals surface area contributed by atoms with Crippen molar-refractivity contribution in [3.8, 4) is 11.5 Å². The van der Waals surface area contributed by atoms with Crippen molar-refractivity contribution in [2.45, 2.75) is 18.1 Å². The number of hydrogen-bond donors (Lipinski definition) is 1. The number of ether oxygens (including phenoxy) is 2. The summed E-state index contributed by atoms with van der Waals surface area (Å²) in [5, 5.41) is 2.00. The maximum Gasteiger partial charge on any atom is 0.455 e. The van der Waals surface area contributed by atoms with E-state index in [1.807, 2.05) is 5.32 Å². The third-order valence-corrected chi connectivity index (χ3v) is 3.53. The van der Waals surface area contributed by atoms with Crippen LogP contribution in [0.3, 0.4) is 0 Å². The minimum absolute atomic E-state index is 0.0448. The fourth-order valence-corrected chi connectivity index (χ4v) is 2.34. The predicted octanol–water partition coefficient (Wildman–Crippen LogP) is 3.92. The van der Waals surface area contributed by atoms with Crippen molar-refractivity contribution in [1.82, 2.24) is 5.32 Å². The second kappa shape index (κ2) is 6.35. The maximum absolute atomic E-state index is 13.6. The fourth-order valence-electron chi connectivity index (χ4n) is 1.79. The largest absolute Gasteiger partial charge is 0.493 e. The number of alkyl halides is 5. The highest BCUT2D eigenvalue weighted by Crippen LogP contribution is 2.47. The molecule has 0 radical (unpaired) electrons. The number of benzene rings is 1. The molecule has 120 valence electrons. The van der Waals surface area contributed by atoms with Crippen molar-refractivity contribution in [3.63, 3.8) is 0 Å². The summed E-state index contributed by atoms with van der Waals surface area (Å²) in [4.78, 5) is 0. The molecule has 0 aliphatic rings. The van der Waals surface area contributed by atoms with Gasteiger partial charge < -0.3 is 14.8 Å². The minimum atomic E-state index is -5.69. The van der Waals surface area contributed by atoms with E-state index >= 15 is 0 Å². The minimum Gasteiger partial charge on any atom is -0.493 e. The Hall–Kier alpha value is -1.09. The van der Waals surface area contributed by atoms with Crippen LogP contribution in [0.4, 0.5) is 22.0 Å². The Morgan fingerprint density at radius 2 is 1.52 bits per heavy atom. The normalized spacial score (nSPS) is 14.0. The molecule has 0 spiro atoms. The lowest BCUT2D eigenvalue weighted by Gasteiger charge is -2.29. The highest BCUT2D eigenvalue weighted by Gasteiger charge is 2.62. The van der Waals surface area contributed by atoms with Gasteiger partial charge in [0.15, 0.2) is 11.5 Å². The van der Waals surface area contributed by atoms with Crippen LogP contribution in [0.5, 0.6) is 11.5 Å². The first-order valence-corrected chi connectivity index (χ1v) is 6.42.